The molecule has 124 valence electrons. The van der Waals surface area contributed by atoms with Gasteiger partial charge in [0.25, 0.3) is 5.56 Å². The van der Waals surface area contributed by atoms with Gasteiger partial charge in [-0.1, -0.05) is 18.5 Å². The number of rotatable bonds is 6. The highest BCUT2D eigenvalue weighted by Gasteiger charge is 2.16. The van der Waals surface area contributed by atoms with Gasteiger partial charge in [0.05, 0.1) is 11.9 Å². The summed E-state index contributed by atoms with van der Waals surface area (Å²) in [6.45, 7) is 1.91. The average Bonchev–Trinajstić information content (AvgIpc) is 2.52. The highest BCUT2D eigenvalue weighted by Crippen LogP contribution is 2.20. The van der Waals surface area contributed by atoms with Gasteiger partial charge in [0.2, 0.25) is 0 Å². The van der Waals surface area contributed by atoms with E-state index < -0.39 is 17.2 Å². The highest BCUT2D eigenvalue weighted by molar-refractivity contribution is 6.32. The maximum atomic E-state index is 13.8. The van der Waals surface area contributed by atoms with Crippen molar-refractivity contribution in [3.8, 4) is 5.69 Å². The molecule has 1 aromatic carbocycles. The van der Waals surface area contributed by atoms with E-state index in [1.165, 1.54) is 6.20 Å². The number of aliphatic hydroxyl groups excluding tert-OH is 1. The zero-order valence-corrected chi connectivity index (χ0v) is 13.1. The van der Waals surface area contributed by atoms with E-state index in [0.717, 1.165) is 16.8 Å². The molecule has 1 aromatic heterocycles. The van der Waals surface area contributed by atoms with Gasteiger partial charge < -0.3 is 10.4 Å². The number of hydrogen-bond acceptors (Lipinski definition) is 4. The summed E-state index contributed by atoms with van der Waals surface area (Å²) in [4.78, 5) is 12.3. The summed E-state index contributed by atoms with van der Waals surface area (Å²) in [6.07, 6.45) is 2.50. The van der Waals surface area contributed by atoms with Crippen LogP contribution in [0.1, 0.15) is 19.8 Å². The molecule has 0 aliphatic carbocycles. The second-order valence-corrected chi connectivity index (χ2v) is 5.32. The molecule has 0 aliphatic heterocycles. The lowest BCUT2D eigenvalue weighted by Gasteiger charge is -2.18. The van der Waals surface area contributed by atoms with Crippen LogP contribution in [0, 0.1) is 11.6 Å². The van der Waals surface area contributed by atoms with E-state index in [1.807, 2.05) is 6.92 Å². The Morgan fingerprint density at radius 2 is 2.17 bits per heavy atom. The lowest BCUT2D eigenvalue weighted by atomic mass is 10.1. The van der Waals surface area contributed by atoms with Crippen molar-refractivity contribution in [2.75, 3.05) is 11.9 Å². The zero-order chi connectivity index (χ0) is 17.0. The SMILES string of the molecule is CCC(CCO)Nc1cnn(-c2ccc(F)cc2F)c(=O)c1Cl. The molecule has 1 heterocycles. The molecule has 8 heteroatoms. The van der Waals surface area contributed by atoms with Gasteiger partial charge in [-0.2, -0.15) is 9.78 Å². The monoisotopic (exact) mass is 343 g/mol. The van der Waals surface area contributed by atoms with Crippen molar-refractivity contribution in [3.63, 3.8) is 0 Å². The number of aliphatic hydroxyl groups is 1. The van der Waals surface area contributed by atoms with Crippen molar-refractivity contribution in [3.05, 3.63) is 51.4 Å². The zero-order valence-electron chi connectivity index (χ0n) is 12.4. The predicted molar refractivity (Wildman–Crippen MR) is 84.2 cm³/mol. The summed E-state index contributed by atoms with van der Waals surface area (Å²) in [5.74, 6) is -1.67. The molecular weight excluding hydrogens is 328 g/mol. The molecular formula is C15H16ClF2N3O2. The van der Waals surface area contributed by atoms with Crippen molar-refractivity contribution in [1.82, 2.24) is 9.78 Å². The first-order valence-corrected chi connectivity index (χ1v) is 7.46. The fraction of sp³-hybridized carbons (Fsp3) is 0.333. The fourth-order valence-corrected chi connectivity index (χ4v) is 2.30. The van der Waals surface area contributed by atoms with E-state index in [4.69, 9.17) is 16.7 Å². The number of anilines is 1. The van der Waals surface area contributed by atoms with E-state index in [1.54, 1.807) is 0 Å². The molecule has 1 atom stereocenters. The average molecular weight is 344 g/mol. The first-order valence-electron chi connectivity index (χ1n) is 7.08. The van der Waals surface area contributed by atoms with Gasteiger partial charge in [0.1, 0.15) is 16.5 Å². The molecule has 0 aliphatic rings. The maximum Gasteiger partial charge on any atom is 0.292 e. The number of nitrogens with one attached hydrogen (secondary N) is 1. The molecule has 2 N–H and O–H groups in total. The summed E-state index contributed by atoms with van der Waals surface area (Å²) in [6, 6.07) is 2.74. The van der Waals surface area contributed by atoms with Crippen LogP contribution in [0.15, 0.2) is 29.2 Å². The molecule has 23 heavy (non-hydrogen) atoms. The summed E-state index contributed by atoms with van der Waals surface area (Å²) in [5.41, 5.74) is -0.607. The van der Waals surface area contributed by atoms with E-state index >= 15 is 0 Å². The highest BCUT2D eigenvalue weighted by atomic mass is 35.5. The van der Waals surface area contributed by atoms with Crippen LogP contribution in [0.2, 0.25) is 5.02 Å². The van der Waals surface area contributed by atoms with Crippen LogP contribution in [0.4, 0.5) is 14.5 Å². The largest absolute Gasteiger partial charge is 0.396 e. The third-order valence-electron chi connectivity index (χ3n) is 3.39. The van der Waals surface area contributed by atoms with Crippen molar-refractivity contribution in [2.45, 2.75) is 25.8 Å². The summed E-state index contributed by atoms with van der Waals surface area (Å²) >= 11 is 6.04. The van der Waals surface area contributed by atoms with Crippen LogP contribution >= 0.6 is 11.6 Å². The lowest BCUT2D eigenvalue weighted by molar-refractivity contribution is 0.278. The third-order valence-corrected chi connectivity index (χ3v) is 3.75. The minimum Gasteiger partial charge on any atom is -0.396 e. The van der Waals surface area contributed by atoms with Crippen molar-refractivity contribution in [2.24, 2.45) is 0 Å². The minimum absolute atomic E-state index is 0.00554. The second kappa shape index (κ2) is 7.52. The Hall–Kier alpha value is -1.99. The number of aromatic nitrogens is 2. The van der Waals surface area contributed by atoms with Gasteiger partial charge in [0, 0.05) is 18.7 Å². The van der Waals surface area contributed by atoms with E-state index in [2.05, 4.69) is 10.4 Å². The topological polar surface area (TPSA) is 67.2 Å². The minimum atomic E-state index is -0.914. The van der Waals surface area contributed by atoms with Crippen LogP contribution in [0.25, 0.3) is 5.69 Å². The van der Waals surface area contributed by atoms with E-state index in [-0.39, 0.29) is 23.4 Å². The molecule has 2 rings (SSSR count). The maximum absolute atomic E-state index is 13.8. The molecule has 0 saturated carbocycles. The normalized spacial score (nSPS) is 12.2. The van der Waals surface area contributed by atoms with Crippen molar-refractivity contribution in [1.29, 1.82) is 0 Å². The summed E-state index contributed by atoms with van der Waals surface area (Å²) in [7, 11) is 0. The van der Waals surface area contributed by atoms with Gasteiger partial charge in [0.15, 0.2) is 5.82 Å². The Labute approximate surface area is 136 Å². The molecule has 5 nitrogen and oxygen atoms in total. The van der Waals surface area contributed by atoms with Crippen molar-refractivity contribution >= 4 is 17.3 Å². The van der Waals surface area contributed by atoms with Gasteiger partial charge in [-0.3, -0.25) is 4.79 Å². The number of benzene rings is 1. The Morgan fingerprint density at radius 1 is 1.43 bits per heavy atom. The standard InChI is InChI=1S/C15H16ClF2N3O2/c1-2-10(5-6-22)20-12-8-19-21(15(23)14(12)16)13-4-3-9(17)7-11(13)18/h3-4,7-8,10,20,22H,2,5-6H2,1H3. The number of nitrogens with zero attached hydrogens (tertiary/aromatic N) is 2. The fourth-order valence-electron chi connectivity index (χ4n) is 2.11. The van der Waals surface area contributed by atoms with Crippen LogP contribution < -0.4 is 10.9 Å². The van der Waals surface area contributed by atoms with Gasteiger partial charge in [-0.25, -0.2) is 8.78 Å². The Morgan fingerprint density at radius 3 is 2.78 bits per heavy atom. The molecule has 0 saturated heterocycles. The Bertz CT molecular complexity index is 752. The molecule has 2 aromatic rings. The number of hydrogen-bond donors (Lipinski definition) is 2. The van der Waals surface area contributed by atoms with Crippen LogP contribution in [-0.4, -0.2) is 27.5 Å². The molecule has 0 bridgehead atoms. The Balaban J connectivity index is 2.39. The van der Waals surface area contributed by atoms with Crippen LogP contribution in [-0.2, 0) is 0 Å². The molecule has 0 spiro atoms. The predicted octanol–water partition coefficient (Wildman–Crippen LogP) is 2.74. The molecule has 1 unspecified atom stereocenters. The van der Waals surface area contributed by atoms with E-state index in [0.29, 0.717) is 24.6 Å². The quantitative estimate of drug-likeness (QED) is 0.846. The van der Waals surface area contributed by atoms with Crippen LogP contribution in [0.5, 0.6) is 0 Å². The Kier molecular flexibility index (Phi) is 5.68. The molecule has 0 radical (unpaired) electrons. The van der Waals surface area contributed by atoms with Crippen molar-refractivity contribution < 1.29 is 13.9 Å². The lowest BCUT2D eigenvalue weighted by Crippen LogP contribution is -2.26. The number of halogens is 3. The van der Waals surface area contributed by atoms with Gasteiger partial charge in [-0.15, -0.1) is 0 Å². The van der Waals surface area contributed by atoms with Gasteiger partial charge in [-0.05, 0) is 25.0 Å². The van der Waals surface area contributed by atoms with Crippen LogP contribution in [0.3, 0.4) is 0 Å². The summed E-state index contributed by atoms with van der Waals surface area (Å²) < 4.78 is 27.5. The first-order chi connectivity index (χ1) is 11.0. The smallest absolute Gasteiger partial charge is 0.292 e. The first kappa shape index (κ1) is 17.4. The van der Waals surface area contributed by atoms with E-state index in [9.17, 15) is 13.6 Å². The summed E-state index contributed by atoms with van der Waals surface area (Å²) in [5, 5.41) is 15.7. The second-order valence-electron chi connectivity index (χ2n) is 4.95. The third kappa shape index (κ3) is 3.86. The van der Waals surface area contributed by atoms with Gasteiger partial charge >= 0.3 is 0 Å². The molecule has 0 amide bonds. The molecule has 0 fully saturated rings.